The highest BCUT2D eigenvalue weighted by atomic mass is 16.4. The number of carbonyl (C=O) groups excluding carboxylic acids is 1. The summed E-state index contributed by atoms with van der Waals surface area (Å²) in [7, 11) is 0. The molecular weight excluding hydrogens is 440 g/mol. The van der Waals surface area contributed by atoms with Crippen LogP contribution in [-0.4, -0.2) is 47.1 Å². The molecule has 0 saturated carbocycles. The minimum Gasteiger partial charge on any atom is -0.480 e. The van der Waals surface area contributed by atoms with E-state index < -0.39 is 12.0 Å². The summed E-state index contributed by atoms with van der Waals surface area (Å²) in [5.74, 6) is -0.515. The van der Waals surface area contributed by atoms with Crippen molar-refractivity contribution in [3.63, 3.8) is 0 Å². The van der Waals surface area contributed by atoms with Crippen LogP contribution in [-0.2, 0) is 17.6 Å². The van der Waals surface area contributed by atoms with Crippen LogP contribution in [0.4, 0.5) is 11.5 Å². The Morgan fingerprint density at radius 3 is 2.54 bits per heavy atom. The zero-order chi connectivity index (χ0) is 24.8. The first-order valence-corrected chi connectivity index (χ1v) is 12.1. The molecule has 1 saturated heterocycles. The van der Waals surface area contributed by atoms with Crippen LogP contribution < -0.4 is 15.5 Å². The second-order valence-corrected chi connectivity index (χ2v) is 8.93. The summed E-state index contributed by atoms with van der Waals surface area (Å²) >= 11 is 0. The first-order valence-electron chi connectivity index (χ1n) is 12.1. The Morgan fingerprint density at radius 2 is 1.91 bits per heavy atom. The lowest BCUT2D eigenvalue weighted by molar-refractivity contribution is -0.139. The minimum absolute atomic E-state index is 0.222. The lowest BCUT2D eigenvalue weighted by Gasteiger charge is -2.43. The first kappa shape index (κ1) is 24.3. The van der Waals surface area contributed by atoms with E-state index in [1.165, 1.54) is 0 Å². The van der Waals surface area contributed by atoms with Crippen molar-refractivity contribution in [2.45, 2.75) is 45.2 Å². The molecule has 3 aromatic rings. The average molecular weight is 473 g/mol. The van der Waals surface area contributed by atoms with E-state index in [2.05, 4.69) is 20.5 Å². The zero-order valence-electron chi connectivity index (χ0n) is 20.2. The summed E-state index contributed by atoms with van der Waals surface area (Å²) in [6.45, 7) is 5.65. The number of amides is 1. The molecule has 1 aromatic heterocycles. The second-order valence-electron chi connectivity index (χ2n) is 8.93. The number of pyridine rings is 1. The van der Waals surface area contributed by atoms with Crippen molar-refractivity contribution in [1.82, 2.24) is 10.3 Å². The van der Waals surface area contributed by atoms with Crippen molar-refractivity contribution >= 4 is 23.4 Å². The maximum Gasteiger partial charge on any atom is 0.326 e. The van der Waals surface area contributed by atoms with Gasteiger partial charge < -0.3 is 20.6 Å². The molecule has 0 spiro atoms. The summed E-state index contributed by atoms with van der Waals surface area (Å²) in [4.78, 5) is 31.5. The number of rotatable bonds is 10. The van der Waals surface area contributed by atoms with Gasteiger partial charge in [-0.1, -0.05) is 43.3 Å². The Kier molecular flexibility index (Phi) is 7.65. The molecule has 1 aliphatic rings. The number of nitrogens with one attached hydrogen (secondary N) is 2. The summed E-state index contributed by atoms with van der Waals surface area (Å²) in [5.41, 5.74) is 4.30. The van der Waals surface area contributed by atoms with Crippen LogP contribution >= 0.6 is 0 Å². The van der Waals surface area contributed by atoms with E-state index in [-0.39, 0.29) is 12.3 Å². The molecule has 2 unspecified atom stereocenters. The van der Waals surface area contributed by atoms with Crippen molar-refractivity contribution in [3.8, 4) is 0 Å². The van der Waals surface area contributed by atoms with Gasteiger partial charge in [0.25, 0.3) is 5.91 Å². The fourth-order valence-electron chi connectivity index (χ4n) is 4.52. The van der Waals surface area contributed by atoms with Crippen LogP contribution in [0.2, 0.25) is 0 Å². The Balaban J connectivity index is 1.37. The van der Waals surface area contributed by atoms with E-state index in [9.17, 15) is 14.7 Å². The molecule has 0 radical (unpaired) electrons. The molecule has 35 heavy (non-hydrogen) atoms. The maximum atomic E-state index is 12.9. The zero-order valence-corrected chi connectivity index (χ0v) is 20.2. The van der Waals surface area contributed by atoms with Crippen LogP contribution in [0.25, 0.3) is 0 Å². The number of carboxylic acid groups (broad SMARTS) is 1. The van der Waals surface area contributed by atoms with Gasteiger partial charge in [-0.05, 0) is 60.7 Å². The molecule has 2 atom stereocenters. The topological polar surface area (TPSA) is 94.6 Å². The highest BCUT2D eigenvalue weighted by Crippen LogP contribution is 2.27. The summed E-state index contributed by atoms with van der Waals surface area (Å²) in [6.07, 6.45) is 3.81. The third kappa shape index (κ3) is 5.80. The van der Waals surface area contributed by atoms with Crippen molar-refractivity contribution in [2.24, 2.45) is 0 Å². The fraction of sp³-hybridized carbons (Fsp3) is 0.321. The standard InChI is InChI=1S/C28H32N4O3/c1-3-21-8-6-7-19(2)26(21)27(33)31-24(28(34)35)17-20-10-12-22(13-11-20)32-16-14-23(32)18-30-25-9-4-5-15-29-25/h4-13,15,23-24H,3,14,16-18H2,1-2H3,(H,29,30)(H,31,33)(H,34,35). The highest BCUT2D eigenvalue weighted by molar-refractivity contribution is 5.99. The van der Waals surface area contributed by atoms with Crippen LogP contribution in [0, 0.1) is 6.92 Å². The summed E-state index contributed by atoms with van der Waals surface area (Å²) in [6, 6.07) is 18.8. The van der Waals surface area contributed by atoms with Crippen molar-refractivity contribution < 1.29 is 14.7 Å². The van der Waals surface area contributed by atoms with Gasteiger partial charge in [0.15, 0.2) is 0 Å². The number of hydrogen-bond acceptors (Lipinski definition) is 5. The van der Waals surface area contributed by atoms with Gasteiger partial charge in [0.2, 0.25) is 0 Å². The van der Waals surface area contributed by atoms with Crippen LogP contribution in [0.5, 0.6) is 0 Å². The number of benzene rings is 2. The van der Waals surface area contributed by atoms with E-state index >= 15 is 0 Å². The average Bonchev–Trinajstić information content (AvgIpc) is 2.84. The number of aryl methyl sites for hydroxylation is 2. The van der Waals surface area contributed by atoms with Crippen LogP contribution in [0.15, 0.2) is 66.9 Å². The Labute approximate surface area is 206 Å². The Morgan fingerprint density at radius 1 is 1.11 bits per heavy atom. The third-order valence-electron chi connectivity index (χ3n) is 6.61. The predicted octanol–water partition coefficient (Wildman–Crippen LogP) is 4.07. The molecule has 3 N–H and O–H groups in total. The van der Waals surface area contributed by atoms with Crippen LogP contribution in [0.1, 0.15) is 40.4 Å². The summed E-state index contributed by atoms with van der Waals surface area (Å²) in [5, 5.41) is 15.9. The molecule has 2 aromatic carbocycles. The Bertz CT molecular complexity index is 1160. The second kappa shape index (κ2) is 11.0. The van der Waals surface area contributed by atoms with Gasteiger partial charge in [0.1, 0.15) is 11.9 Å². The number of aromatic nitrogens is 1. The quantitative estimate of drug-likeness (QED) is 0.412. The number of carbonyl (C=O) groups is 2. The highest BCUT2D eigenvalue weighted by Gasteiger charge is 2.28. The normalized spacial score (nSPS) is 15.7. The smallest absolute Gasteiger partial charge is 0.326 e. The molecule has 1 aliphatic heterocycles. The lowest BCUT2D eigenvalue weighted by Crippen LogP contribution is -2.51. The van der Waals surface area contributed by atoms with Crippen LogP contribution in [0.3, 0.4) is 0 Å². The van der Waals surface area contributed by atoms with E-state index in [0.717, 1.165) is 47.7 Å². The monoisotopic (exact) mass is 472 g/mol. The number of carboxylic acids is 1. The Hall–Kier alpha value is -3.87. The van der Waals surface area contributed by atoms with Crippen molar-refractivity contribution in [1.29, 1.82) is 0 Å². The molecular formula is C28H32N4O3. The first-order chi connectivity index (χ1) is 17.0. The maximum absolute atomic E-state index is 12.9. The largest absolute Gasteiger partial charge is 0.480 e. The van der Waals surface area contributed by atoms with Gasteiger partial charge in [-0.3, -0.25) is 4.79 Å². The molecule has 182 valence electrons. The number of hydrogen-bond donors (Lipinski definition) is 3. The minimum atomic E-state index is -1.04. The van der Waals surface area contributed by atoms with E-state index in [0.29, 0.717) is 18.0 Å². The SMILES string of the molecule is CCc1cccc(C)c1C(=O)NC(Cc1ccc(N2CCC2CNc2ccccn2)cc1)C(=O)O. The molecule has 2 heterocycles. The fourth-order valence-corrected chi connectivity index (χ4v) is 4.52. The lowest BCUT2D eigenvalue weighted by atomic mass is 9.98. The van der Waals surface area contributed by atoms with Gasteiger partial charge in [0, 0.05) is 43.0 Å². The van der Waals surface area contributed by atoms with Gasteiger partial charge in [-0.2, -0.15) is 0 Å². The molecule has 4 rings (SSSR count). The molecule has 0 bridgehead atoms. The predicted molar refractivity (Wildman–Crippen MR) is 138 cm³/mol. The van der Waals surface area contributed by atoms with E-state index in [4.69, 9.17) is 0 Å². The molecule has 7 nitrogen and oxygen atoms in total. The van der Waals surface area contributed by atoms with E-state index in [1.54, 1.807) is 6.20 Å². The van der Waals surface area contributed by atoms with Gasteiger partial charge in [-0.15, -0.1) is 0 Å². The van der Waals surface area contributed by atoms with E-state index in [1.807, 2.05) is 74.5 Å². The molecule has 1 amide bonds. The molecule has 1 fully saturated rings. The van der Waals surface area contributed by atoms with Crippen molar-refractivity contribution in [2.75, 3.05) is 23.3 Å². The number of nitrogens with zero attached hydrogens (tertiary/aromatic N) is 2. The number of anilines is 2. The summed E-state index contributed by atoms with van der Waals surface area (Å²) < 4.78 is 0. The van der Waals surface area contributed by atoms with Crippen molar-refractivity contribution in [3.05, 3.63) is 89.1 Å². The molecule has 0 aliphatic carbocycles. The van der Waals surface area contributed by atoms with Gasteiger partial charge in [-0.25, -0.2) is 9.78 Å². The third-order valence-corrected chi connectivity index (χ3v) is 6.61. The van der Waals surface area contributed by atoms with Gasteiger partial charge >= 0.3 is 5.97 Å². The number of aliphatic carboxylic acids is 1. The molecule has 7 heteroatoms. The van der Waals surface area contributed by atoms with Gasteiger partial charge in [0.05, 0.1) is 0 Å².